The van der Waals surface area contributed by atoms with Crippen molar-refractivity contribution in [3.8, 4) is 23.3 Å². The van der Waals surface area contributed by atoms with E-state index >= 15 is 0 Å². The lowest BCUT2D eigenvalue weighted by Gasteiger charge is -2.13. The maximum absolute atomic E-state index is 13.3. The molecule has 0 fully saturated rings. The van der Waals surface area contributed by atoms with Gasteiger partial charge in [-0.3, -0.25) is 24.0 Å². The quantitative estimate of drug-likeness (QED) is 0.0196. The fraction of sp³-hybridized carbons (Fsp3) is 0.156. The number of nitrogen functional groups attached to an aromatic ring is 1. The predicted octanol–water partition coefficient (Wildman–Crippen LogP) is 10.5. The number of esters is 1. The minimum atomic E-state index is -0.725. The van der Waals surface area contributed by atoms with Gasteiger partial charge in [0, 0.05) is 51.1 Å². The summed E-state index contributed by atoms with van der Waals surface area (Å²) >= 11 is 0. The number of carbonyl (C=O) groups excluding carboxylic acids is 4. The van der Waals surface area contributed by atoms with Gasteiger partial charge in [0.25, 0.3) is 0 Å². The highest BCUT2D eigenvalue weighted by atomic mass is 16.5. The normalized spacial score (nSPS) is 10.5. The summed E-state index contributed by atoms with van der Waals surface area (Å²) in [5.74, 6) is 0.245. The first-order chi connectivity index (χ1) is 38.6. The minimum absolute atomic E-state index is 0.0831. The Kier molecular flexibility index (Phi) is 20.7. The summed E-state index contributed by atoms with van der Waals surface area (Å²) < 4.78 is 27.0. The molecule has 0 amide bonds. The number of anilines is 1. The van der Waals surface area contributed by atoms with Crippen molar-refractivity contribution in [2.24, 2.45) is 0 Å². The number of fused-ring (bicyclic) bond motifs is 2. The maximum atomic E-state index is 13.3. The van der Waals surface area contributed by atoms with Gasteiger partial charge in [-0.05, 0) is 148 Å². The predicted molar refractivity (Wildman–Crippen MR) is 308 cm³/mol. The van der Waals surface area contributed by atoms with Crippen LogP contribution in [0, 0.1) is 32.1 Å². The van der Waals surface area contributed by atoms with Crippen molar-refractivity contribution in [1.82, 2.24) is 14.5 Å². The van der Waals surface area contributed by atoms with Crippen LogP contribution >= 0.6 is 0 Å². The zero-order valence-electron chi connectivity index (χ0n) is 45.5. The number of aromatic amines is 1. The molecular formula is C64H59N5O11. The second-order valence-electron chi connectivity index (χ2n) is 17.6. The molecule has 0 aliphatic rings. The van der Waals surface area contributed by atoms with Crippen LogP contribution in [0.2, 0.25) is 0 Å². The number of nitrogens with zero attached hydrogens (tertiary/aromatic N) is 3. The molecule has 3 N–H and O–H groups in total. The summed E-state index contributed by atoms with van der Waals surface area (Å²) in [4.78, 5) is 82.7. The number of carbonyl (C=O) groups is 4. The molecule has 9 aromatic rings. The Morgan fingerprint density at radius 3 is 1.70 bits per heavy atom. The molecule has 0 spiro atoms. The summed E-state index contributed by atoms with van der Waals surface area (Å²) in [6.45, 7) is 7.96. The number of para-hydroxylation sites is 3. The number of benzene rings is 6. The fourth-order valence-corrected chi connectivity index (χ4v) is 8.23. The number of nitriles is 1. The summed E-state index contributed by atoms with van der Waals surface area (Å²) in [7, 11) is 5.92. The molecule has 0 saturated heterocycles. The molecule has 0 atom stereocenters. The van der Waals surface area contributed by atoms with E-state index in [1.807, 2.05) is 92.1 Å². The third-order valence-electron chi connectivity index (χ3n) is 12.3. The number of pyridine rings is 3. The summed E-state index contributed by atoms with van der Waals surface area (Å²) in [5, 5.41) is 10.1. The van der Waals surface area contributed by atoms with Crippen molar-refractivity contribution >= 4 is 50.8 Å². The molecule has 0 radical (unpaired) electrons. The second-order valence-corrected chi connectivity index (χ2v) is 17.6. The van der Waals surface area contributed by atoms with Gasteiger partial charge < -0.3 is 39.0 Å². The Morgan fingerprint density at radius 2 is 1.16 bits per heavy atom. The van der Waals surface area contributed by atoms with E-state index in [9.17, 15) is 28.8 Å². The zero-order chi connectivity index (χ0) is 57.9. The first kappa shape index (κ1) is 58.9. The van der Waals surface area contributed by atoms with Crippen molar-refractivity contribution in [3.63, 3.8) is 0 Å². The van der Waals surface area contributed by atoms with Gasteiger partial charge in [0.2, 0.25) is 16.6 Å². The van der Waals surface area contributed by atoms with E-state index in [2.05, 4.69) is 14.7 Å². The minimum Gasteiger partial charge on any atom is -0.500 e. The van der Waals surface area contributed by atoms with Crippen molar-refractivity contribution in [3.05, 3.63) is 252 Å². The molecule has 16 heteroatoms. The number of H-pyrrole nitrogens is 1. The molecular weight excluding hydrogens is 1010 g/mol. The van der Waals surface area contributed by atoms with Gasteiger partial charge >= 0.3 is 5.97 Å². The van der Waals surface area contributed by atoms with Crippen LogP contribution in [0.15, 0.2) is 185 Å². The largest absolute Gasteiger partial charge is 0.500 e. The van der Waals surface area contributed by atoms with E-state index < -0.39 is 11.8 Å². The number of methoxy groups -OCH3 is 4. The lowest BCUT2D eigenvalue weighted by atomic mass is 10.0. The van der Waals surface area contributed by atoms with Crippen LogP contribution in [0.1, 0.15) is 77.2 Å². The van der Waals surface area contributed by atoms with Gasteiger partial charge in [0.05, 0.1) is 63.9 Å². The Hall–Kier alpha value is -10.4. The van der Waals surface area contributed by atoms with Crippen molar-refractivity contribution in [2.45, 2.75) is 34.2 Å². The number of ether oxygens (including phenoxy) is 5. The van der Waals surface area contributed by atoms with Crippen LogP contribution < -0.4 is 30.8 Å². The Labute approximate surface area is 462 Å². The number of rotatable bonds is 14. The van der Waals surface area contributed by atoms with E-state index in [0.29, 0.717) is 74.8 Å². The Morgan fingerprint density at radius 1 is 0.637 bits per heavy atom. The number of hydrogen-bond acceptors (Lipinski definition) is 14. The van der Waals surface area contributed by atoms with Gasteiger partial charge in [-0.1, -0.05) is 48.5 Å². The first-order valence-electron chi connectivity index (χ1n) is 24.9. The standard InChI is InChI=1S/C25H19N3O3.C18H15NO3.C15H18O5.C6H7N/c1-16-12-17(10-11-23(16)31-2)24(29)21-15-28(14-19-7-5-6-18(13-26)27-19)22-9-4-3-8-20(22)25(21)30;1-11-9-12(7-8-16(11)22-2)17(20)14-10-19-15-6-4-3-5-13(15)18(14)21;1-5-20-9-12(15(17)19-4)14(16)11-6-7-13(18-3)10(2)8-11;7-6-4-2-1-3-5-6/h3-12,15H,14H2,1-2H3;3-10H,1-2H3,(H,19,21);6-9H,5H2,1-4H3;1-5H,7H2. The van der Waals surface area contributed by atoms with E-state index in [1.54, 1.807) is 125 Å². The van der Waals surface area contributed by atoms with Crippen LogP contribution in [0.5, 0.6) is 17.2 Å². The highest BCUT2D eigenvalue weighted by Crippen LogP contribution is 2.24. The molecule has 9 rings (SSSR count). The van der Waals surface area contributed by atoms with Crippen LogP contribution in [0.25, 0.3) is 21.8 Å². The number of nitrogens with two attached hydrogens (primary N) is 1. The van der Waals surface area contributed by atoms with Gasteiger partial charge in [-0.25, -0.2) is 9.78 Å². The molecule has 0 aliphatic carbocycles. The number of Topliss-reactive ketones (excluding diaryl/α,β-unsaturated/α-hetero) is 1. The molecule has 3 aromatic heterocycles. The number of ketones is 3. The highest BCUT2D eigenvalue weighted by Gasteiger charge is 2.23. The number of hydrogen-bond donors (Lipinski definition) is 2. The SMILES string of the molecule is CCOC=C(C(=O)OC)C(=O)c1ccc(OC)c(C)c1.COc1ccc(C(=O)c2c[nH]c3ccccc3c2=O)cc1C.COc1ccc(C(=O)c2cn(Cc3cccc(C#N)n3)c3ccccc3c2=O)cc1C.Nc1ccccc1. The van der Waals surface area contributed by atoms with Crippen LogP contribution in [0.3, 0.4) is 0 Å². The third kappa shape index (κ3) is 14.5. The molecule has 406 valence electrons. The lowest BCUT2D eigenvalue weighted by Crippen LogP contribution is -2.20. The van der Waals surface area contributed by atoms with Gasteiger partial charge in [0.1, 0.15) is 40.8 Å². The average molecular weight is 1070 g/mol. The van der Waals surface area contributed by atoms with E-state index in [1.165, 1.54) is 13.3 Å². The molecule has 0 aliphatic heterocycles. The number of nitrogens with one attached hydrogen (secondary N) is 1. The third-order valence-corrected chi connectivity index (χ3v) is 12.3. The number of aromatic nitrogens is 3. The molecule has 80 heavy (non-hydrogen) atoms. The monoisotopic (exact) mass is 1070 g/mol. The molecule has 16 nitrogen and oxygen atoms in total. The highest BCUT2D eigenvalue weighted by molar-refractivity contribution is 6.24. The topological polar surface area (TPSA) is 232 Å². The van der Waals surface area contributed by atoms with E-state index in [-0.39, 0.29) is 39.1 Å². The Balaban J connectivity index is 0.000000187. The van der Waals surface area contributed by atoms with Crippen molar-refractivity contribution in [2.75, 3.05) is 40.8 Å². The average Bonchev–Trinajstić information content (AvgIpc) is 3.52. The smallest absolute Gasteiger partial charge is 0.345 e. The summed E-state index contributed by atoms with van der Waals surface area (Å²) in [6, 6.07) is 46.2. The van der Waals surface area contributed by atoms with Crippen LogP contribution in [-0.4, -0.2) is 72.9 Å². The number of aryl methyl sites for hydroxylation is 3. The van der Waals surface area contributed by atoms with Crippen LogP contribution in [0.4, 0.5) is 5.69 Å². The summed E-state index contributed by atoms with van der Waals surface area (Å²) in [6.07, 6.45) is 4.19. The van der Waals surface area contributed by atoms with Gasteiger partial charge in [0.15, 0.2) is 11.6 Å². The first-order valence-corrected chi connectivity index (χ1v) is 24.9. The molecule has 6 aromatic carbocycles. The van der Waals surface area contributed by atoms with E-state index in [0.717, 1.165) is 34.2 Å². The van der Waals surface area contributed by atoms with E-state index in [4.69, 9.17) is 29.9 Å². The molecule has 0 bridgehead atoms. The van der Waals surface area contributed by atoms with Crippen molar-refractivity contribution < 1.29 is 42.9 Å². The Bertz CT molecular complexity index is 3910. The van der Waals surface area contributed by atoms with Gasteiger partial charge in [-0.2, -0.15) is 5.26 Å². The van der Waals surface area contributed by atoms with Gasteiger partial charge in [-0.15, -0.1) is 0 Å². The zero-order valence-corrected chi connectivity index (χ0v) is 45.5. The fourth-order valence-electron chi connectivity index (χ4n) is 8.23. The van der Waals surface area contributed by atoms with Crippen LogP contribution in [-0.2, 0) is 20.8 Å². The maximum Gasteiger partial charge on any atom is 0.345 e. The second kappa shape index (κ2) is 28.1. The summed E-state index contributed by atoms with van der Waals surface area (Å²) in [5.41, 5.74) is 11.8. The molecule has 0 saturated carbocycles. The van der Waals surface area contributed by atoms with Crippen molar-refractivity contribution in [1.29, 1.82) is 5.26 Å². The molecule has 0 unspecified atom stereocenters. The molecule has 3 heterocycles. The lowest BCUT2D eigenvalue weighted by molar-refractivity contribution is -0.135.